The molecule has 0 radical (unpaired) electrons. The molecule has 0 aliphatic rings. The molecule has 11 heteroatoms. The minimum Gasteiger partial charge on any atom is -0.486 e. The van der Waals surface area contributed by atoms with Gasteiger partial charge < -0.3 is 4.74 Å². The molecule has 0 saturated carbocycles. The number of benzene rings is 4. The summed E-state index contributed by atoms with van der Waals surface area (Å²) in [6, 6.07) is 30.3. The zero-order chi connectivity index (χ0) is 29.1. The van der Waals surface area contributed by atoms with Crippen LogP contribution in [0.4, 0.5) is 13.2 Å². The first-order valence-corrected chi connectivity index (χ1v) is 13.9. The van der Waals surface area contributed by atoms with Crippen molar-refractivity contribution in [3.63, 3.8) is 0 Å². The SMILES string of the molecule is O=c1c2ccccc2nc(CSc2nnc(COc3ccccc3)n2-c2ccccc2)n1-c1cccc(C(F)(F)F)c1. The predicted molar refractivity (Wildman–Crippen MR) is 154 cm³/mol. The van der Waals surface area contributed by atoms with E-state index in [2.05, 4.69) is 15.2 Å². The molecule has 0 aliphatic heterocycles. The molecular weight excluding hydrogens is 563 g/mol. The van der Waals surface area contributed by atoms with Crippen LogP contribution in [0, 0.1) is 0 Å². The highest BCUT2D eigenvalue weighted by Gasteiger charge is 2.31. The summed E-state index contributed by atoms with van der Waals surface area (Å²) in [7, 11) is 0. The molecule has 4 aromatic carbocycles. The normalized spacial score (nSPS) is 11.6. The highest BCUT2D eigenvalue weighted by molar-refractivity contribution is 7.98. The number of thioether (sulfide) groups is 1. The number of rotatable bonds is 8. The van der Waals surface area contributed by atoms with Crippen LogP contribution < -0.4 is 10.3 Å². The molecule has 0 aliphatic carbocycles. The molecule has 0 bridgehead atoms. The number of para-hydroxylation sites is 3. The van der Waals surface area contributed by atoms with Crippen LogP contribution in [-0.4, -0.2) is 24.3 Å². The summed E-state index contributed by atoms with van der Waals surface area (Å²) in [6.45, 7) is 0.148. The van der Waals surface area contributed by atoms with Gasteiger partial charge >= 0.3 is 6.18 Å². The lowest BCUT2D eigenvalue weighted by molar-refractivity contribution is -0.137. The lowest BCUT2D eigenvalue weighted by Gasteiger charge is -2.16. The van der Waals surface area contributed by atoms with E-state index in [1.807, 2.05) is 65.2 Å². The van der Waals surface area contributed by atoms with Gasteiger partial charge in [-0.3, -0.25) is 13.9 Å². The van der Waals surface area contributed by atoms with Crippen LogP contribution >= 0.6 is 11.8 Å². The molecule has 7 nitrogen and oxygen atoms in total. The number of nitrogens with zero attached hydrogens (tertiary/aromatic N) is 5. The second-order valence-electron chi connectivity index (χ2n) is 9.19. The molecule has 2 heterocycles. The summed E-state index contributed by atoms with van der Waals surface area (Å²) in [5.74, 6) is 1.63. The molecule has 42 heavy (non-hydrogen) atoms. The minimum absolute atomic E-state index is 0.0742. The Morgan fingerprint density at radius 1 is 0.738 bits per heavy atom. The predicted octanol–water partition coefficient (Wildman–Crippen LogP) is 6.86. The van der Waals surface area contributed by atoms with Gasteiger partial charge in [0.1, 0.15) is 18.2 Å². The van der Waals surface area contributed by atoms with Gasteiger partial charge in [-0.05, 0) is 54.6 Å². The molecule has 0 atom stereocenters. The molecule has 0 amide bonds. The van der Waals surface area contributed by atoms with E-state index >= 15 is 0 Å². The molecule has 2 aromatic heterocycles. The Morgan fingerprint density at radius 3 is 2.19 bits per heavy atom. The number of ether oxygens (including phenoxy) is 1. The van der Waals surface area contributed by atoms with Crippen molar-refractivity contribution in [2.45, 2.75) is 23.7 Å². The fourth-order valence-corrected chi connectivity index (χ4v) is 5.37. The minimum atomic E-state index is -4.57. The first-order valence-electron chi connectivity index (χ1n) is 12.9. The maximum Gasteiger partial charge on any atom is 0.416 e. The van der Waals surface area contributed by atoms with Crippen molar-refractivity contribution in [2.24, 2.45) is 0 Å². The van der Waals surface area contributed by atoms with E-state index in [1.54, 1.807) is 24.3 Å². The van der Waals surface area contributed by atoms with Gasteiger partial charge in [-0.2, -0.15) is 13.2 Å². The molecule has 6 rings (SSSR count). The molecule has 0 saturated heterocycles. The van der Waals surface area contributed by atoms with E-state index in [4.69, 9.17) is 4.74 Å². The quantitative estimate of drug-likeness (QED) is 0.182. The molecule has 0 unspecified atom stereocenters. The number of halogens is 3. The summed E-state index contributed by atoms with van der Waals surface area (Å²) >= 11 is 1.26. The number of aromatic nitrogens is 5. The van der Waals surface area contributed by atoms with Crippen LogP contribution in [0.15, 0.2) is 119 Å². The van der Waals surface area contributed by atoms with Crippen molar-refractivity contribution in [2.75, 3.05) is 0 Å². The van der Waals surface area contributed by atoms with E-state index in [0.29, 0.717) is 27.6 Å². The Bertz CT molecular complexity index is 1910. The van der Waals surface area contributed by atoms with Crippen LogP contribution in [0.1, 0.15) is 17.2 Å². The van der Waals surface area contributed by atoms with E-state index in [-0.39, 0.29) is 23.9 Å². The van der Waals surface area contributed by atoms with E-state index in [1.165, 1.54) is 28.5 Å². The molecule has 0 N–H and O–H groups in total. The van der Waals surface area contributed by atoms with E-state index in [9.17, 15) is 18.0 Å². The maximum absolute atomic E-state index is 13.6. The van der Waals surface area contributed by atoms with Gasteiger partial charge in [0.25, 0.3) is 5.56 Å². The van der Waals surface area contributed by atoms with Crippen LogP contribution in [0.3, 0.4) is 0 Å². The third kappa shape index (κ3) is 5.64. The number of alkyl halides is 3. The summed E-state index contributed by atoms with van der Waals surface area (Å²) in [5.41, 5.74) is 0.00824. The molecule has 6 aromatic rings. The van der Waals surface area contributed by atoms with Gasteiger partial charge in [0, 0.05) is 5.69 Å². The summed E-state index contributed by atoms with van der Waals surface area (Å²) in [6.07, 6.45) is -4.57. The Morgan fingerprint density at radius 2 is 1.43 bits per heavy atom. The zero-order valence-corrected chi connectivity index (χ0v) is 22.7. The average Bonchev–Trinajstić information content (AvgIpc) is 3.42. The fourth-order valence-electron chi connectivity index (χ4n) is 4.48. The number of fused-ring (bicyclic) bond motifs is 1. The van der Waals surface area contributed by atoms with E-state index < -0.39 is 17.3 Å². The maximum atomic E-state index is 13.6. The highest BCUT2D eigenvalue weighted by atomic mass is 32.2. The molecule has 210 valence electrons. The van der Waals surface area contributed by atoms with Crippen molar-refractivity contribution < 1.29 is 17.9 Å². The van der Waals surface area contributed by atoms with Crippen molar-refractivity contribution in [3.05, 3.63) is 137 Å². The van der Waals surface area contributed by atoms with Gasteiger partial charge in [-0.15, -0.1) is 10.2 Å². The number of hydrogen-bond acceptors (Lipinski definition) is 6. The van der Waals surface area contributed by atoms with Gasteiger partial charge in [-0.1, -0.05) is 66.4 Å². The second kappa shape index (κ2) is 11.5. The van der Waals surface area contributed by atoms with Gasteiger partial charge in [0.2, 0.25) is 0 Å². The van der Waals surface area contributed by atoms with Crippen molar-refractivity contribution in [1.29, 1.82) is 0 Å². The zero-order valence-electron chi connectivity index (χ0n) is 21.9. The lowest BCUT2D eigenvalue weighted by atomic mass is 10.2. The molecular formula is C31H22F3N5O2S. The number of hydrogen-bond donors (Lipinski definition) is 0. The van der Waals surface area contributed by atoms with Crippen molar-refractivity contribution >= 4 is 22.7 Å². The van der Waals surface area contributed by atoms with Gasteiger partial charge in [0.05, 0.1) is 27.9 Å². The Kier molecular flexibility index (Phi) is 7.49. The average molecular weight is 586 g/mol. The summed E-state index contributed by atoms with van der Waals surface area (Å²) in [5, 5.41) is 9.55. The monoisotopic (exact) mass is 585 g/mol. The standard InChI is InChI=1S/C31H22F3N5O2S/c32-31(33,34)21-10-9-13-23(18-21)38-28(35-26-17-8-7-16-25(26)29(38)40)20-42-30-37-36-27(19-41-24-14-5-2-6-15-24)39(30)22-11-3-1-4-12-22/h1-18H,19-20H2. The largest absolute Gasteiger partial charge is 0.486 e. The second-order valence-corrected chi connectivity index (χ2v) is 10.1. The smallest absolute Gasteiger partial charge is 0.416 e. The van der Waals surface area contributed by atoms with Gasteiger partial charge in [-0.25, -0.2) is 4.98 Å². The Hall–Kier alpha value is -4.90. The molecule has 0 spiro atoms. The van der Waals surface area contributed by atoms with Crippen molar-refractivity contribution in [1.82, 2.24) is 24.3 Å². The first-order chi connectivity index (χ1) is 20.4. The van der Waals surface area contributed by atoms with E-state index in [0.717, 1.165) is 17.8 Å². The van der Waals surface area contributed by atoms with Crippen molar-refractivity contribution in [3.8, 4) is 17.1 Å². The van der Waals surface area contributed by atoms with Crippen LogP contribution in [0.5, 0.6) is 5.75 Å². The Labute approximate surface area is 242 Å². The Balaban J connectivity index is 1.39. The molecule has 0 fully saturated rings. The first kappa shape index (κ1) is 27.3. The third-order valence-corrected chi connectivity index (χ3v) is 7.36. The summed E-state index contributed by atoms with van der Waals surface area (Å²) < 4.78 is 49.7. The topological polar surface area (TPSA) is 74.8 Å². The van der Waals surface area contributed by atoms with Crippen LogP contribution in [0.25, 0.3) is 22.3 Å². The highest BCUT2D eigenvalue weighted by Crippen LogP contribution is 2.31. The van der Waals surface area contributed by atoms with Crippen LogP contribution in [0.2, 0.25) is 0 Å². The fraction of sp³-hybridized carbons (Fsp3) is 0.0968. The summed E-state index contributed by atoms with van der Waals surface area (Å²) in [4.78, 5) is 18.3. The van der Waals surface area contributed by atoms with Crippen LogP contribution in [-0.2, 0) is 18.5 Å². The lowest BCUT2D eigenvalue weighted by Crippen LogP contribution is -2.24. The van der Waals surface area contributed by atoms with Gasteiger partial charge in [0.15, 0.2) is 11.0 Å². The third-order valence-electron chi connectivity index (χ3n) is 6.43.